The number of anilines is 1. The number of carbonyl (C=O) groups excluding carboxylic acids is 1. The number of nitrogens with zero attached hydrogens (tertiary/aromatic N) is 1. The van der Waals surface area contributed by atoms with Crippen LogP contribution in [-0.2, 0) is 4.79 Å². The number of rotatable bonds is 2. The van der Waals surface area contributed by atoms with E-state index in [1.807, 2.05) is 25.1 Å². The summed E-state index contributed by atoms with van der Waals surface area (Å²) in [5, 5.41) is 2.96. The molecule has 1 heterocycles. The number of hydrogen-bond acceptors (Lipinski definition) is 2. The van der Waals surface area contributed by atoms with Gasteiger partial charge < -0.3 is 5.32 Å². The van der Waals surface area contributed by atoms with Crippen molar-refractivity contribution in [2.75, 3.05) is 5.32 Å². The Morgan fingerprint density at radius 1 is 1.35 bits per heavy atom. The molecule has 3 rings (SSSR count). The number of amides is 1. The molecule has 1 amide bonds. The van der Waals surface area contributed by atoms with Crippen LogP contribution >= 0.6 is 0 Å². The average Bonchev–Trinajstić information content (AvgIpc) is 2.90. The maximum Gasteiger partial charge on any atom is 0.228 e. The number of hydrogen-bond donors (Lipinski definition) is 1. The molecule has 0 radical (unpaired) electrons. The minimum absolute atomic E-state index is 0.176. The molecule has 0 aliphatic heterocycles. The molecule has 90 valence electrons. The van der Waals surface area contributed by atoms with Crippen molar-refractivity contribution in [2.45, 2.75) is 32.6 Å². The van der Waals surface area contributed by atoms with Crippen molar-refractivity contribution in [3.8, 4) is 0 Å². The van der Waals surface area contributed by atoms with Crippen LogP contribution in [0.1, 0.15) is 31.4 Å². The molecule has 2 fully saturated rings. The monoisotopic (exact) mass is 230 g/mol. The van der Waals surface area contributed by atoms with Gasteiger partial charge in [-0.15, -0.1) is 0 Å². The maximum absolute atomic E-state index is 12.2. The van der Waals surface area contributed by atoms with Gasteiger partial charge in [0, 0.05) is 11.6 Å². The first-order valence-electron chi connectivity index (χ1n) is 6.47. The molecular formula is C14H18N2O. The third-order valence-corrected chi connectivity index (χ3v) is 4.21. The number of aromatic nitrogens is 1. The largest absolute Gasteiger partial charge is 0.310 e. The lowest BCUT2D eigenvalue weighted by molar-refractivity contribution is -0.121. The van der Waals surface area contributed by atoms with Crippen molar-refractivity contribution < 1.29 is 4.79 Å². The second kappa shape index (κ2) is 4.13. The summed E-state index contributed by atoms with van der Waals surface area (Å²) in [4.78, 5) is 16.5. The summed E-state index contributed by atoms with van der Waals surface area (Å²) in [5.41, 5.74) is 0.941. The summed E-state index contributed by atoms with van der Waals surface area (Å²) in [6.45, 7) is 1.94. The second-order valence-corrected chi connectivity index (χ2v) is 5.43. The number of carbonyl (C=O) groups is 1. The minimum Gasteiger partial charge on any atom is -0.310 e. The van der Waals surface area contributed by atoms with Crippen LogP contribution in [0, 0.1) is 24.7 Å². The third kappa shape index (κ3) is 2.06. The van der Waals surface area contributed by atoms with Crippen molar-refractivity contribution in [3.63, 3.8) is 0 Å². The predicted octanol–water partition coefficient (Wildman–Crippen LogP) is 2.76. The lowest BCUT2D eigenvalue weighted by atomic mass is 9.88. The molecule has 1 aromatic rings. The van der Waals surface area contributed by atoms with Gasteiger partial charge in [0.2, 0.25) is 5.91 Å². The Hall–Kier alpha value is -1.38. The van der Waals surface area contributed by atoms with Gasteiger partial charge in [-0.25, -0.2) is 4.98 Å². The fraction of sp³-hybridized carbons (Fsp3) is 0.571. The highest BCUT2D eigenvalue weighted by molar-refractivity contribution is 5.92. The average molecular weight is 230 g/mol. The van der Waals surface area contributed by atoms with Crippen molar-refractivity contribution in [2.24, 2.45) is 17.8 Å². The van der Waals surface area contributed by atoms with Gasteiger partial charge in [-0.05, 0) is 50.2 Å². The van der Waals surface area contributed by atoms with Crippen molar-refractivity contribution in [3.05, 3.63) is 23.9 Å². The SMILES string of the molecule is Cc1cccc(NC(=O)[C@H]2C[C@@H]3CC[C@@H]2C3)n1. The van der Waals surface area contributed by atoms with E-state index >= 15 is 0 Å². The molecule has 3 heteroatoms. The van der Waals surface area contributed by atoms with E-state index in [4.69, 9.17) is 0 Å². The molecule has 0 spiro atoms. The van der Waals surface area contributed by atoms with Gasteiger partial charge in [0.25, 0.3) is 0 Å². The fourth-order valence-corrected chi connectivity index (χ4v) is 3.40. The van der Waals surface area contributed by atoms with Gasteiger partial charge >= 0.3 is 0 Å². The van der Waals surface area contributed by atoms with Gasteiger partial charge in [0.15, 0.2) is 0 Å². The van der Waals surface area contributed by atoms with Crippen LogP contribution < -0.4 is 5.32 Å². The minimum atomic E-state index is 0.176. The summed E-state index contributed by atoms with van der Waals surface area (Å²) in [5.74, 6) is 2.54. The summed E-state index contributed by atoms with van der Waals surface area (Å²) in [6.07, 6.45) is 4.92. The molecule has 2 aliphatic carbocycles. The van der Waals surface area contributed by atoms with Gasteiger partial charge in [-0.3, -0.25) is 4.79 Å². The number of nitrogens with one attached hydrogen (secondary N) is 1. The highest BCUT2D eigenvalue weighted by Crippen LogP contribution is 2.48. The maximum atomic E-state index is 12.2. The third-order valence-electron chi connectivity index (χ3n) is 4.21. The van der Waals surface area contributed by atoms with Crippen LogP contribution in [0.3, 0.4) is 0 Å². The molecule has 0 aromatic carbocycles. The van der Waals surface area contributed by atoms with Crippen molar-refractivity contribution in [1.82, 2.24) is 4.98 Å². The highest BCUT2D eigenvalue weighted by Gasteiger charge is 2.43. The molecule has 1 N–H and O–H groups in total. The molecule has 2 bridgehead atoms. The molecule has 17 heavy (non-hydrogen) atoms. The van der Waals surface area contributed by atoms with E-state index in [1.165, 1.54) is 19.3 Å². The van der Waals surface area contributed by atoms with Crippen LogP contribution in [0.2, 0.25) is 0 Å². The van der Waals surface area contributed by atoms with Crippen LogP contribution in [0.25, 0.3) is 0 Å². The summed E-state index contributed by atoms with van der Waals surface area (Å²) in [7, 11) is 0. The molecule has 1 aromatic heterocycles. The molecule has 2 saturated carbocycles. The van der Waals surface area contributed by atoms with Crippen LogP contribution in [0.4, 0.5) is 5.82 Å². The Kier molecular flexibility index (Phi) is 2.61. The summed E-state index contributed by atoms with van der Waals surface area (Å²) < 4.78 is 0. The smallest absolute Gasteiger partial charge is 0.228 e. The molecule has 3 nitrogen and oxygen atoms in total. The standard InChI is InChI=1S/C14H18N2O/c1-9-3-2-4-13(15-9)16-14(17)12-8-10-5-6-11(12)7-10/h2-4,10-12H,5-8H2,1H3,(H,15,16,17)/t10-,11-,12+/m1/s1. The topological polar surface area (TPSA) is 42.0 Å². The fourth-order valence-electron chi connectivity index (χ4n) is 3.40. The first-order chi connectivity index (χ1) is 8.22. The molecule has 0 saturated heterocycles. The Bertz CT molecular complexity index is 444. The van der Waals surface area contributed by atoms with E-state index in [1.54, 1.807) is 0 Å². The predicted molar refractivity (Wildman–Crippen MR) is 66.5 cm³/mol. The Labute approximate surface area is 102 Å². The van der Waals surface area contributed by atoms with Gasteiger partial charge in [-0.1, -0.05) is 12.5 Å². The van der Waals surface area contributed by atoms with E-state index in [2.05, 4.69) is 10.3 Å². The quantitative estimate of drug-likeness (QED) is 0.848. The Morgan fingerprint density at radius 2 is 2.24 bits per heavy atom. The first-order valence-corrected chi connectivity index (χ1v) is 6.47. The molecule has 0 unspecified atom stereocenters. The van der Waals surface area contributed by atoms with Crippen molar-refractivity contribution >= 4 is 11.7 Å². The van der Waals surface area contributed by atoms with Crippen molar-refractivity contribution in [1.29, 1.82) is 0 Å². The molecule has 2 aliphatic rings. The summed E-state index contributed by atoms with van der Waals surface area (Å²) in [6, 6.07) is 5.73. The van der Waals surface area contributed by atoms with Crippen LogP contribution in [-0.4, -0.2) is 10.9 Å². The normalized spacial score (nSPS) is 30.5. The lowest BCUT2D eigenvalue weighted by Gasteiger charge is -2.20. The van der Waals surface area contributed by atoms with Gasteiger partial charge in [0.05, 0.1) is 0 Å². The van der Waals surface area contributed by atoms with Crippen LogP contribution in [0.15, 0.2) is 18.2 Å². The van der Waals surface area contributed by atoms with Crippen LogP contribution in [0.5, 0.6) is 0 Å². The van der Waals surface area contributed by atoms with Gasteiger partial charge in [0.1, 0.15) is 5.82 Å². The molecular weight excluding hydrogens is 212 g/mol. The first kappa shape index (κ1) is 10.8. The number of aryl methyl sites for hydroxylation is 1. The van der Waals surface area contributed by atoms with E-state index in [0.717, 1.165) is 18.0 Å². The zero-order valence-electron chi connectivity index (χ0n) is 10.1. The molecule has 3 atom stereocenters. The van der Waals surface area contributed by atoms with E-state index in [9.17, 15) is 4.79 Å². The lowest BCUT2D eigenvalue weighted by Crippen LogP contribution is -2.27. The number of pyridine rings is 1. The zero-order valence-corrected chi connectivity index (χ0v) is 10.1. The Balaban J connectivity index is 1.68. The Morgan fingerprint density at radius 3 is 2.88 bits per heavy atom. The highest BCUT2D eigenvalue weighted by atomic mass is 16.2. The summed E-state index contributed by atoms with van der Waals surface area (Å²) >= 11 is 0. The second-order valence-electron chi connectivity index (χ2n) is 5.43. The van der Waals surface area contributed by atoms with E-state index in [-0.39, 0.29) is 11.8 Å². The van der Waals surface area contributed by atoms with E-state index < -0.39 is 0 Å². The number of fused-ring (bicyclic) bond motifs is 2. The van der Waals surface area contributed by atoms with Gasteiger partial charge in [-0.2, -0.15) is 0 Å². The zero-order chi connectivity index (χ0) is 11.8. The van der Waals surface area contributed by atoms with E-state index in [0.29, 0.717) is 11.7 Å².